The third-order valence-corrected chi connectivity index (χ3v) is 4.68. The first-order chi connectivity index (χ1) is 13.5. The molecule has 1 fully saturated rings. The minimum Gasteiger partial charge on any atom is -0.493 e. The minimum absolute atomic E-state index is 0. The summed E-state index contributed by atoms with van der Waals surface area (Å²) in [6, 6.07) is 5.35. The number of aliphatic imine (C=N–C) groups is 1. The Morgan fingerprint density at radius 3 is 2.55 bits per heavy atom. The van der Waals surface area contributed by atoms with Gasteiger partial charge in [-0.15, -0.1) is 24.0 Å². The number of ether oxygens (including phenoxy) is 2. The van der Waals surface area contributed by atoms with Gasteiger partial charge in [0.05, 0.1) is 13.7 Å². The lowest BCUT2D eigenvalue weighted by Crippen LogP contribution is -2.48. The molecule has 1 aliphatic rings. The summed E-state index contributed by atoms with van der Waals surface area (Å²) in [5.74, 6) is 1.03. The average molecular weight is 526 g/mol. The Kier molecular flexibility index (Phi) is 12.2. The van der Waals surface area contributed by atoms with Crippen LogP contribution in [0.3, 0.4) is 0 Å². The second-order valence-electron chi connectivity index (χ2n) is 6.82. The molecule has 0 amide bonds. The molecule has 0 bridgehead atoms. The van der Waals surface area contributed by atoms with Crippen molar-refractivity contribution in [3.8, 4) is 11.5 Å². The highest BCUT2D eigenvalue weighted by Crippen LogP contribution is 2.29. The first-order valence-corrected chi connectivity index (χ1v) is 9.94. The van der Waals surface area contributed by atoms with E-state index in [0.29, 0.717) is 12.6 Å². The Labute approximate surface area is 189 Å². The number of hydrogen-bond acceptors (Lipinski definition) is 4. The monoisotopic (exact) mass is 526 g/mol. The molecular formula is C20H33F2IN4O2. The SMILES string of the molecule is CCCN1CCC(NC(=NCc2ccc(OC)c(OC(F)F)c2)NCC)CC1.I. The maximum absolute atomic E-state index is 12.6. The van der Waals surface area contributed by atoms with E-state index in [2.05, 4.69) is 32.2 Å². The number of piperidine rings is 1. The zero-order chi connectivity index (χ0) is 20.4. The first-order valence-electron chi connectivity index (χ1n) is 9.94. The predicted octanol–water partition coefficient (Wildman–Crippen LogP) is 3.84. The van der Waals surface area contributed by atoms with Gasteiger partial charge in [-0.2, -0.15) is 8.78 Å². The molecule has 1 aliphatic heterocycles. The number of rotatable bonds is 9. The van der Waals surface area contributed by atoms with Gasteiger partial charge in [0.25, 0.3) is 0 Å². The second-order valence-corrected chi connectivity index (χ2v) is 6.82. The second kappa shape index (κ2) is 13.8. The lowest BCUT2D eigenvalue weighted by atomic mass is 10.1. The van der Waals surface area contributed by atoms with Crippen molar-refractivity contribution in [2.45, 2.75) is 52.3 Å². The van der Waals surface area contributed by atoms with Gasteiger partial charge in [-0.3, -0.25) is 0 Å². The van der Waals surface area contributed by atoms with Gasteiger partial charge in [0, 0.05) is 25.7 Å². The molecule has 0 unspecified atom stereocenters. The van der Waals surface area contributed by atoms with Gasteiger partial charge < -0.3 is 25.0 Å². The highest BCUT2D eigenvalue weighted by Gasteiger charge is 2.19. The largest absolute Gasteiger partial charge is 0.493 e. The van der Waals surface area contributed by atoms with Crippen LogP contribution in [-0.4, -0.2) is 56.8 Å². The summed E-state index contributed by atoms with van der Waals surface area (Å²) in [6.45, 7) is 5.78. The molecule has 0 saturated carbocycles. The van der Waals surface area contributed by atoms with Crippen LogP contribution < -0.4 is 20.1 Å². The Morgan fingerprint density at radius 1 is 1.24 bits per heavy atom. The molecule has 0 aromatic heterocycles. The van der Waals surface area contributed by atoms with E-state index in [1.165, 1.54) is 13.5 Å². The summed E-state index contributed by atoms with van der Waals surface area (Å²) in [5.41, 5.74) is 0.770. The predicted molar refractivity (Wildman–Crippen MR) is 123 cm³/mol. The first kappa shape index (κ1) is 25.7. The van der Waals surface area contributed by atoms with Gasteiger partial charge in [-0.1, -0.05) is 13.0 Å². The molecule has 2 N–H and O–H groups in total. The molecule has 9 heteroatoms. The fourth-order valence-electron chi connectivity index (χ4n) is 3.31. The van der Waals surface area contributed by atoms with Crippen LogP contribution in [0.2, 0.25) is 0 Å². The van der Waals surface area contributed by atoms with Crippen molar-refractivity contribution in [2.24, 2.45) is 4.99 Å². The third-order valence-electron chi connectivity index (χ3n) is 4.68. The molecule has 6 nitrogen and oxygen atoms in total. The van der Waals surface area contributed by atoms with Crippen molar-refractivity contribution < 1.29 is 18.3 Å². The van der Waals surface area contributed by atoms with Crippen molar-refractivity contribution in [3.05, 3.63) is 23.8 Å². The number of guanidine groups is 1. The van der Waals surface area contributed by atoms with Crippen molar-refractivity contribution in [3.63, 3.8) is 0 Å². The van der Waals surface area contributed by atoms with Crippen molar-refractivity contribution in [1.29, 1.82) is 0 Å². The summed E-state index contributed by atoms with van der Waals surface area (Å²) in [6.07, 6.45) is 3.35. The molecule has 0 radical (unpaired) electrons. The van der Waals surface area contributed by atoms with Crippen LogP contribution in [0.15, 0.2) is 23.2 Å². The highest BCUT2D eigenvalue weighted by atomic mass is 127. The maximum Gasteiger partial charge on any atom is 0.387 e. The summed E-state index contributed by atoms with van der Waals surface area (Å²) in [4.78, 5) is 7.10. The average Bonchev–Trinajstić information content (AvgIpc) is 2.68. The number of nitrogens with zero attached hydrogens (tertiary/aromatic N) is 2. The zero-order valence-electron chi connectivity index (χ0n) is 17.4. The van der Waals surface area contributed by atoms with E-state index >= 15 is 0 Å². The number of benzene rings is 1. The molecule has 2 rings (SSSR count). The van der Waals surface area contributed by atoms with Gasteiger partial charge in [0.1, 0.15) is 0 Å². The number of alkyl halides is 2. The summed E-state index contributed by atoms with van der Waals surface area (Å²) in [7, 11) is 1.42. The Morgan fingerprint density at radius 2 is 1.97 bits per heavy atom. The Bertz CT molecular complexity index is 626. The van der Waals surface area contributed by atoms with Gasteiger partial charge >= 0.3 is 6.61 Å². The summed E-state index contributed by atoms with van der Waals surface area (Å²) in [5, 5.41) is 6.75. The lowest BCUT2D eigenvalue weighted by molar-refractivity contribution is -0.0512. The van der Waals surface area contributed by atoms with Gasteiger partial charge in [0.15, 0.2) is 17.5 Å². The molecule has 0 spiro atoms. The fourth-order valence-corrected chi connectivity index (χ4v) is 3.31. The van der Waals surface area contributed by atoms with E-state index in [-0.39, 0.29) is 35.5 Å². The highest BCUT2D eigenvalue weighted by molar-refractivity contribution is 14.0. The summed E-state index contributed by atoms with van der Waals surface area (Å²) >= 11 is 0. The van der Waals surface area contributed by atoms with Crippen LogP contribution in [-0.2, 0) is 6.54 Å². The maximum atomic E-state index is 12.6. The summed E-state index contributed by atoms with van der Waals surface area (Å²) < 4.78 is 34.8. The normalized spacial score (nSPS) is 15.7. The van der Waals surface area contributed by atoms with Crippen LogP contribution in [0.1, 0.15) is 38.7 Å². The van der Waals surface area contributed by atoms with E-state index < -0.39 is 6.61 Å². The molecule has 1 aromatic carbocycles. The minimum atomic E-state index is -2.90. The van der Waals surface area contributed by atoms with E-state index in [4.69, 9.17) is 4.74 Å². The van der Waals surface area contributed by atoms with Crippen molar-refractivity contribution in [1.82, 2.24) is 15.5 Å². The lowest BCUT2D eigenvalue weighted by Gasteiger charge is -2.32. The molecule has 0 aliphatic carbocycles. The molecule has 166 valence electrons. The fraction of sp³-hybridized carbons (Fsp3) is 0.650. The zero-order valence-corrected chi connectivity index (χ0v) is 19.7. The quantitative estimate of drug-likeness (QED) is 0.291. The molecule has 1 heterocycles. The Hall–Kier alpha value is -1.36. The van der Waals surface area contributed by atoms with Crippen LogP contribution >= 0.6 is 24.0 Å². The smallest absolute Gasteiger partial charge is 0.387 e. The van der Waals surface area contributed by atoms with Crippen LogP contribution in [0.4, 0.5) is 8.78 Å². The van der Waals surface area contributed by atoms with Gasteiger partial charge in [-0.05, 0) is 50.4 Å². The van der Waals surface area contributed by atoms with E-state index in [9.17, 15) is 8.78 Å². The standard InChI is InChI=1S/C20H32F2N4O2.HI/c1-4-10-26-11-8-16(9-12-26)25-20(23-5-2)24-14-15-6-7-17(27-3)18(13-15)28-19(21)22;/h6-7,13,16,19H,4-5,8-12,14H2,1-3H3,(H2,23,24,25);1H. The van der Waals surface area contributed by atoms with Crippen LogP contribution in [0.25, 0.3) is 0 Å². The molecule has 0 atom stereocenters. The molecule has 1 saturated heterocycles. The molecule has 1 aromatic rings. The molecular weight excluding hydrogens is 493 g/mol. The van der Waals surface area contributed by atoms with E-state index in [1.807, 2.05) is 6.92 Å². The van der Waals surface area contributed by atoms with E-state index in [0.717, 1.165) is 50.5 Å². The topological polar surface area (TPSA) is 58.1 Å². The molecule has 29 heavy (non-hydrogen) atoms. The van der Waals surface area contributed by atoms with E-state index in [1.54, 1.807) is 18.2 Å². The number of hydrogen-bond donors (Lipinski definition) is 2. The number of methoxy groups -OCH3 is 1. The number of likely N-dealkylation sites (tertiary alicyclic amines) is 1. The van der Waals surface area contributed by atoms with Gasteiger partial charge in [0.2, 0.25) is 0 Å². The van der Waals surface area contributed by atoms with Crippen LogP contribution in [0.5, 0.6) is 11.5 Å². The van der Waals surface area contributed by atoms with Crippen molar-refractivity contribution >= 4 is 29.9 Å². The number of halogens is 3. The van der Waals surface area contributed by atoms with Gasteiger partial charge in [-0.25, -0.2) is 4.99 Å². The number of nitrogens with one attached hydrogen (secondary N) is 2. The third kappa shape index (κ3) is 8.90. The Balaban J connectivity index is 0.00000420. The van der Waals surface area contributed by atoms with Crippen molar-refractivity contribution in [2.75, 3.05) is 33.3 Å². The van der Waals surface area contributed by atoms with Crippen LogP contribution in [0, 0.1) is 0 Å².